The van der Waals surface area contributed by atoms with Crippen molar-refractivity contribution in [2.24, 2.45) is 5.10 Å². The molecule has 1 aliphatic rings. The molecule has 33 heavy (non-hydrogen) atoms. The lowest BCUT2D eigenvalue weighted by atomic mass is 10.0. The molecule has 0 saturated heterocycles. The third kappa shape index (κ3) is 5.24. The number of anilines is 1. The van der Waals surface area contributed by atoms with E-state index >= 15 is 0 Å². The Hall–Kier alpha value is -3.62. The third-order valence-electron chi connectivity index (χ3n) is 5.12. The molecule has 1 aliphatic heterocycles. The van der Waals surface area contributed by atoms with Gasteiger partial charge in [0.25, 0.3) is 5.91 Å². The maximum Gasteiger partial charge on any atom is 0.340 e. The number of furan rings is 1. The predicted molar refractivity (Wildman–Crippen MR) is 123 cm³/mol. The number of nitrogens with one attached hydrogen (secondary N) is 1. The third-order valence-corrected chi connectivity index (χ3v) is 5.37. The SMILES string of the molecule is O=C(OCC(=O)N1N=C(c2ccc(Cl)cc2)C[C@H]1c1ccco1)c1ccccc1NCCO. The number of aliphatic hydroxyl groups excluding tert-OH is 1. The number of nitrogens with zero attached hydrogens (tertiary/aromatic N) is 2. The zero-order chi connectivity index (χ0) is 23.2. The largest absolute Gasteiger partial charge is 0.467 e. The molecule has 4 rings (SSSR count). The number of carbonyl (C=O) groups is 2. The van der Waals surface area contributed by atoms with Crippen LogP contribution in [0.2, 0.25) is 5.02 Å². The number of ether oxygens (including phenoxy) is 1. The maximum atomic E-state index is 13.0. The van der Waals surface area contributed by atoms with E-state index in [4.69, 9.17) is 25.9 Å². The summed E-state index contributed by atoms with van der Waals surface area (Å²) >= 11 is 5.98. The summed E-state index contributed by atoms with van der Waals surface area (Å²) in [5.74, 6) is -0.546. The zero-order valence-electron chi connectivity index (χ0n) is 17.6. The number of hydrogen-bond donors (Lipinski definition) is 2. The lowest BCUT2D eigenvalue weighted by Gasteiger charge is -2.20. The van der Waals surface area contributed by atoms with Crippen LogP contribution in [0.3, 0.4) is 0 Å². The van der Waals surface area contributed by atoms with Crippen molar-refractivity contribution in [3.05, 3.63) is 88.8 Å². The van der Waals surface area contributed by atoms with Crippen molar-refractivity contribution in [2.45, 2.75) is 12.5 Å². The van der Waals surface area contributed by atoms with E-state index in [0.717, 1.165) is 5.56 Å². The van der Waals surface area contributed by atoms with Gasteiger partial charge in [0, 0.05) is 23.7 Å². The normalized spacial score (nSPS) is 15.3. The van der Waals surface area contributed by atoms with Crippen LogP contribution in [-0.2, 0) is 9.53 Å². The fourth-order valence-electron chi connectivity index (χ4n) is 3.54. The smallest absolute Gasteiger partial charge is 0.340 e. The molecule has 1 amide bonds. The van der Waals surface area contributed by atoms with Gasteiger partial charge in [-0.3, -0.25) is 4.79 Å². The number of rotatable bonds is 8. The molecule has 0 spiro atoms. The number of hydrogen-bond acceptors (Lipinski definition) is 7. The van der Waals surface area contributed by atoms with Gasteiger partial charge in [0.2, 0.25) is 0 Å². The number of amides is 1. The molecule has 0 unspecified atom stereocenters. The molecule has 1 atom stereocenters. The summed E-state index contributed by atoms with van der Waals surface area (Å²) in [7, 11) is 0. The number of para-hydroxylation sites is 1. The summed E-state index contributed by atoms with van der Waals surface area (Å²) in [5, 5.41) is 18.4. The first-order valence-electron chi connectivity index (χ1n) is 10.4. The predicted octanol–water partition coefficient (Wildman–Crippen LogP) is 3.87. The highest BCUT2D eigenvalue weighted by molar-refractivity contribution is 6.30. The zero-order valence-corrected chi connectivity index (χ0v) is 18.4. The summed E-state index contributed by atoms with van der Waals surface area (Å²) in [6.07, 6.45) is 1.98. The number of aliphatic hydroxyl groups is 1. The van der Waals surface area contributed by atoms with Crippen LogP contribution in [0.5, 0.6) is 0 Å². The van der Waals surface area contributed by atoms with Gasteiger partial charge in [-0.25, -0.2) is 9.80 Å². The first kappa shape index (κ1) is 22.6. The average Bonchev–Trinajstić information content (AvgIpc) is 3.52. The second-order valence-electron chi connectivity index (χ2n) is 7.30. The quantitative estimate of drug-likeness (QED) is 0.487. The molecule has 2 heterocycles. The molecule has 3 aromatic rings. The van der Waals surface area contributed by atoms with Gasteiger partial charge >= 0.3 is 5.97 Å². The molecule has 0 aliphatic carbocycles. The van der Waals surface area contributed by atoms with Gasteiger partial charge in [-0.1, -0.05) is 35.9 Å². The fourth-order valence-corrected chi connectivity index (χ4v) is 3.66. The summed E-state index contributed by atoms with van der Waals surface area (Å²) in [6.45, 7) is -0.287. The van der Waals surface area contributed by atoms with Crippen LogP contribution in [0.4, 0.5) is 5.69 Å². The molecule has 0 bridgehead atoms. The Labute approximate surface area is 195 Å². The highest BCUT2D eigenvalue weighted by atomic mass is 35.5. The van der Waals surface area contributed by atoms with E-state index in [1.54, 1.807) is 48.5 Å². The minimum atomic E-state index is -0.653. The number of esters is 1. The van der Waals surface area contributed by atoms with Crippen LogP contribution in [0.25, 0.3) is 0 Å². The standard InChI is InChI=1S/C24H22ClN3O5/c25-17-9-7-16(8-10-17)20-14-21(22-6-3-13-32-22)28(27-20)23(30)15-33-24(31)18-4-1-2-5-19(18)26-11-12-29/h1-10,13,21,26,29H,11-12,14-15H2/t21-/m0/s1. The lowest BCUT2D eigenvalue weighted by molar-refractivity contribution is -0.136. The van der Waals surface area contributed by atoms with Crippen molar-refractivity contribution in [2.75, 3.05) is 25.1 Å². The van der Waals surface area contributed by atoms with E-state index in [0.29, 0.717) is 28.6 Å². The molecule has 1 aromatic heterocycles. The van der Waals surface area contributed by atoms with Crippen molar-refractivity contribution in [3.8, 4) is 0 Å². The highest BCUT2D eigenvalue weighted by Gasteiger charge is 2.35. The van der Waals surface area contributed by atoms with Crippen molar-refractivity contribution in [1.29, 1.82) is 0 Å². The van der Waals surface area contributed by atoms with Crippen LogP contribution < -0.4 is 5.32 Å². The van der Waals surface area contributed by atoms with E-state index in [-0.39, 0.29) is 18.7 Å². The van der Waals surface area contributed by atoms with Gasteiger partial charge < -0.3 is 19.6 Å². The Morgan fingerprint density at radius 2 is 1.94 bits per heavy atom. The van der Waals surface area contributed by atoms with Crippen LogP contribution in [0.1, 0.15) is 34.1 Å². The van der Waals surface area contributed by atoms with E-state index < -0.39 is 24.5 Å². The van der Waals surface area contributed by atoms with Crippen molar-refractivity contribution in [1.82, 2.24) is 5.01 Å². The lowest BCUT2D eigenvalue weighted by Crippen LogP contribution is -2.31. The number of halogens is 1. The Bertz CT molecular complexity index is 1150. The first-order valence-corrected chi connectivity index (χ1v) is 10.7. The Kier molecular flexibility index (Phi) is 7.07. The molecular formula is C24H22ClN3O5. The van der Waals surface area contributed by atoms with E-state index in [1.165, 1.54) is 11.3 Å². The van der Waals surface area contributed by atoms with Crippen molar-refractivity contribution >= 4 is 34.9 Å². The van der Waals surface area contributed by atoms with Crippen LogP contribution in [0.15, 0.2) is 76.4 Å². The molecule has 170 valence electrons. The second kappa shape index (κ2) is 10.3. The van der Waals surface area contributed by atoms with Gasteiger partial charge in [-0.05, 0) is 42.0 Å². The molecular weight excluding hydrogens is 446 g/mol. The monoisotopic (exact) mass is 467 g/mol. The minimum absolute atomic E-state index is 0.0844. The number of hydrazone groups is 1. The molecule has 0 fully saturated rings. The van der Waals surface area contributed by atoms with Crippen molar-refractivity contribution in [3.63, 3.8) is 0 Å². The average molecular weight is 468 g/mol. The van der Waals surface area contributed by atoms with Gasteiger partial charge in [0.05, 0.1) is 24.1 Å². The van der Waals surface area contributed by atoms with E-state index in [1.807, 2.05) is 12.1 Å². The molecule has 0 saturated carbocycles. The molecule has 0 radical (unpaired) electrons. The second-order valence-corrected chi connectivity index (χ2v) is 7.74. The van der Waals surface area contributed by atoms with Crippen molar-refractivity contribution < 1.29 is 23.8 Å². The first-order chi connectivity index (χ1) is 16.1. The molecule has 2 N–H and O–H groups in total. The Morgan fingerprint density at radius 3 is 2.67 bits per heavy atom. The number of carbonyl (C=O) groups excluding carboxylic acids is 2. The molecule has 2 aromatic carbocycles. The minimum Gasteiger partial charge on any atom is -0.467 e. The van der Waals surface area contributed by atoms with Crippen LogP contribution in [-0.4, -0.2) is 47.5 Å². The molecule has 9 heteroatoms. The van der Waals surface area contributed by atoms with E-state index in [9.17, 15) is 9.59 Å². The molecule has 8 nitrogen and oxygen atoms in total. The summed E-state index contributed by atoms with van der Waals surface area (Å²) in [6, 6.07) is 17.0. The highest BCUT2D eigenvalue weighted by Crippen LogP contribution is 2.33. The number of benzene rings is 2. The van der Waals surface area contributed by atoms with Crippen LogP contribution in [0, 0.1) is 0 Å². The van der Waals surface area contributed by atoms with Gasteiger partial charge in [0.15, 0.2) is 6.61 Å². The maximum absolute atomic E-state index is 13.0. The van der Waals surface area contributed by atoms with Gasteiger partial charge in [-0.2, -0.15) is 5.10 Å². The summed E-state index contributed by atoms with van der Waals surface area (Å²) in [5.41, 5.74) is 2.33. The fraction of sp³-hybridized carbons (Fsp3) is 0.208. The van der Waals surface area contributed by atoms with E-state index in [2.05, 4.69) is 10.4 Å². The Balaban J connectivity index is 1.49. The summed E-state index contributed by atoms with van der Waals surface area (Å²) in [4.78, 5) is 25.6. The van der Waals surface area contributed by atoms with Crippen LogP contribution >= 0.6 is 11.6 Å². The summed E-state index contributed by atoms with van der Waals surface area (Å²) < 4.78 is 10.8. The van der Waals surface area contributed by atoms with Gasteiger partial charge in [-0.15, -0.1) is 0 Å². The topological polar surface area (TPSA) is 104 Å². The Morgan fingerprint density at radius 1 is 1.15 bits per heavy atom. The van der Waals surface area contributed by atoms with Gasteiger partial charge in [0.1, 0.15) is 11.8 Å².